The molecule has 134 valence electrons. The van der Waals surface area contributed by atoms with E-state index in [0.717, 1.165) is 0 Å². The Morgan fingerprint density at radius 1 is 1.19 bits per heavy atom. The molecule has 0 radical (unpaired) electrons. The van der Waals surface area contributed by atoms with Crippen molar-refractivity contribution in [3.63, 3.8) is 0 Å². The van der Waals surface area contributed by atoms with Crippen LogP contribution in [-0.2, 0) is 9.59 Å². The third kappa shape index (κ3) is 3.86. The van der Waals surface area contributed by atoms with Crippen molar-refractivity contribution < 1.29 is 19.1 Å². The lowest BCUT2D eigenvalue weighted by Gasteiger charge is -2.27. The number of rotatable bonds is 5. The molecule has 6 nitrogen and oxygen atoms in total. The van der Waals surface area contributed by atoms with Gasteiger partial charge in [0, 0.05) is 30.5 Å². The summed E-state index contributed by atoms with van der Waals surface area (Å²) in [5, 5.41) is 3.22. The van der Waals surface area contributed by atoms with E-state index < -0.39 is 0 Å². The first kappa shape index (κ1) is 17.9. The minimum absolute atomic E-state index is 0.0315. The highest BCUT2D eigenvalue weighted by molar-refractivity contribution is 6.31. The van der Waals surface area contributed by atoms with Crippen LogP contribution < -0.4 is 15.0 Å². The van der Waals surface area contributed by atoms with E-state index in [2.05, 4.69) is 5.32 Å². The summed E-state index contributed by atoms with van der Waals surface area (Å²) in [6.07, 6.45) is 0.101. The highest BCUT2D eigenvalue weighted by Gasteiger charge is 2.25. The first-order valence-corrected chi connectivity index (χ1v) is 8.44. The van der Waals surface area contributed by atoms with E-state index in [0.29, 0.717) is 27.7 Å². The number of nitrogens with one attached hydrogen (secondary N) is 1. The van der Waals surface area contributed by atoms with Gasteiger partial charge in [-0.25, -0.2) is 0 Å². The van der Waals surface area contributed by atoms with Crippen LogP contribution >= 0.6 is 11.6 Å². The molecular weight excluding hydrogens is 356 g/mol. The second-order valence-corrected chi connectivity index (χ2v) is 6.31. The van der Waals surface area contributed by atoms with Gasteiger partial charge in [-0.1, -0.05) is 29.8 Å². The number of amides is 2. The Kier molecular flexibility index (Phi) is 5.23. The van der Waals surface area contributed by atoms with Gasteiger partial charge in [0.2, 0.25) is 5.91 Å². The fourth-order valence-electron chi connectivity index (χ4n) is 2.65. The van der Waals surface area contributed by atoms with Crippen LogP contribution in [0, 0.1) is 0 Å². The lowest BCUT2D eigenvalue weighted by molar-refractivity contribution is -0.121. The second-order valence-electron chi connectivity index (χ2n) is 5.88. The molecule has 1 N–H and O–H groups in total. The molecule has 1 heterocycles. The Hall–Kier alpha value is -2.86. The van der Waals surface area contributed by atoms with Crippen molar-refractivity contribution in [1.29, 1.82) is 0 Å². The molecule has 0 aromatic heterocycles. The summed E-state index contributed by atoms with van der Waals surface area (Å²) in [6.45, 7) is -0.0797. The molecule has 0 aliphatic carbocycles. The third-order valence-corrected chi connectivity index (χ3v) is 4.30. The third-order valence-electron chi connectivity index (χ3n) is 4.07. The van der Waals surface area contributed by atoms with Gasteiger partial charge in [0.05, 0.1) is 11.4 Å². The van der Waals surface area contributed by atoms with Crippen LogP contribution in [0.15, 0.2) is 42.5 Å². The van der Waals surface area contributed by atoms with Crippen LogP contribution in [0.4, 0.5) is 11.4 Å². The van der Waals surface area contributed by atoms with Crippen LogP contribution in [-0.4, -0.2) is 31.3 Å². The predicted molar refractivity (Wildman–Crippen MR) is 99.0 cm³/mol. The lowest BCUT2D eigenvalue weighted by atomic mass is 10.1. The number of fused-ring (bicyclic) bond motifs is 1. The van der Waals surface area contributed by atoms with Crippen molar-refractivity contribution in [2.24, 2.45) is 0 Å². The summed E-state index contributed by atoms with van der Waals surface area (Å²) in [4.78, 5) is 37.6. The van der Waals surface area contributed by atoms with Crippen molar-refractivity contribution in [3.8, 4) is 5.75 Å². The number of ketones is 1. The highest BCUT2D eigenvalue weighted by Crippen LogP contribution is 2.38. The van der Waals surface area contributed by atoms with E-state index in [1.807, 2.05) is 0 Å². The number of hydrogen-bond acceptors (Lipinski definition) is 4. The maximum atomic E-state index is 12.2. The number of likely N-dealkylation sites (N-methyl/N-ethyl adjacent to an activating group) is 1. The monoisotopic (exact) mass is 372 g/mol. The first-order chi connectivity index (χ1) is 12.5. The number of carbonyl (C=O) groups excluding carboxylic acids is 3. The Bertz CT molecular complexity index is 882. The Labute approximate surface area is 155 Å². The molecule has 0 atom stereocenters. The fourth-order valence-corrected chi connectivity index (χ4v) is 2.84. The SMILES string of the molecule is CN1C(=O)COc2c(NC(=O)CCC(=O)c3cccc(Cl)c3)cccc21. The molecule has 2 aromatic rings. The Morgan fingerprint density at radius 2 is 1.96 bits per heavy atom. The summed E-state index contributed by atoms with van der Waals surface area (Å²) in [6, 6.07) is 11.8. The maximum Gasteiger partial charge on any atom is 0.264 e. The summed E-state index contributed by atoms with van der Waals surface area (Å²) in [7, 11) is 1.65. The van der Waals surface area contributed by atoms with Gasteiger partial charge in [-0.2, -0.15) is 0 Å². The molecule has 0 unspecified atom stereocenters. The van der Waals surface area contributed by atoms with Gasteiger partial charge in [0.15, 0.2) is 18.1 Å². The summed E-state index contributed by atoms with van der Waals surface area (Å²) >= 11 is 5.88. The van der Waals surface area contributed by atoms with Crippen molar-refractivity contribution in [1.82, 2.24) is 0 Å². The van der Waals surface area contributed by atoms with E-state index in [1.165, 1.54) is 4.90 Å². The van der Waals surface area contributed by atoms with Gasteiger partial charge >= 0.3 is 0 Å². The second kappa shape index (κ2) is 7.58. The molecule has 7 heteroatoms. The van der Waals surface area contributed by atoms with Crippen molar-refractivity contribution in [3.05, 3.63) is 53.1 Å². The number of ether oxygens (including phenoxy) is 1. The first-order valence-electron chi connectivity index (χ1n) is 8.06. The van der Waals surface area contributed by atoms with Gasteiger partial charge in [0.1, 0.15) is 0 Å². The largest absolute Gasteiger partial charge is 0.479 e. The predicted octanol–water partition coefficient (Wildman–Crippen LogP) is 3.30. The average Bonchev–Trinajstić information content (AvgIpc) is 2.63. The zero-order chi connectivity index (χ0) is 18.7. The highest BCUT2D eigenvalue weighted by atomic mass is 35.5. The number of Topliss-reactive ketones (excluding diaryl/α,β-unsaturated/α-hetero) is 1. The summed E-state index contributed by atoms with van der Waals surface area (Å²) in [5.41, 5.74) is 1.54. The number of halogens is 1. The molecule has 3 rings (SSSR count). The molecule has 26 heavy (non-hydrogen) atoms. The van der Waals surface area contributed by atoms with Crippen LogP contribution in [0.25, 0.3) is 0 Å². The quantitative estimate of drug-likeness (QED) is 0.817. The number of carbonyl (C=O) groups is 3. The van der Waals surface area contributed by atoms with E-state index in [4.69, 9.17) is 16.3 Å². The van der Waals surface area contributed by atoms with Crippen LogP contribution in [0.3, 0.4) is 0 Å². The van der Waals surface area contributed by atoms with Crippen molar-refractivity contribution in [2.75, 3.05) is 23.9 Å². The molecule has 1 aliphatic heterocycles. The van der Waals surface area contributed by atoms with Crippen LogP contribution in [0.2, 0.25) is 5.02 Å². The van der Waals surface area contributed by atoms with Crippen LogP contribution in [0.5, 0.6) is 5.75 Å². The van der Waals surface area contributed by atoms with Gasteiger partial charge in [-0.15, -0.1) is 0 Å². The van der Waals surface area contributed by atoms with Crippen molar-refractivity contribution in [2.45, 2.75) is 12.8 Å². The lowest BCUT2D eigenvalue weighted by Crippen LogP contribution is -2.35. The van der Waals surface area contributed by atoms with E-state index >= 15 is 0 Å². The average molecular weight is 373 g/mol. The number of benzene rings is 2. The van der Waals surface area contributed by atoms with Gasteiger partial charge < -0.3 is 15.0 Å². The van der Waals surface area contributed by atoms with E-state index in [1.54, 1.807) is 49.5 Å². The molecular formula is C19H17ClN2O4. The zero-order valence-corrected chi connectivity index (χ0v) is 14.9. The van der Waals surface area contributed by atoms with Crippen LogP contribution in [0.1, 0.15) is 23.2 Å². The topological polar surface area (TPSA) is 75.7 Å². The standard InChI is InChI=1S/C19H17ClN2O4/c1-22-15-7-3-6-14(19(15)26-11-18(22)25)21-17(24)9-8-16(23)12-4-2-5-13(20)10-12/h2-7,10H,8-9,11H2,1H3,(H,21,24). The minimum Gasteiger partial charge on any atom is -0.479 e. The molecule has 0 fully saturated rings. The molecule has 0 saturated heterocycles. The fraction of sp³-hybridized carbons (Fsp3) is 0.211. The number of anilines is 2. The van der Waals surface area contributed by atoms with Gasteiger partial charge in [0.25, 0.3) is 5.91 Å². The van der Waals surface area contributed by atoms with Gasteiger partial charge in [-0.3, -0.25) is 14.4 Å². The van der Waals surface area contributed by atoms with Gasteiger partial charge in [-0.05, 0) is 24.3 Å². The summed E-state index contributed by atoms with van der Waals surface area (Å²) < 4.78 is 5.46. The number of nitrogens with zero attached hydrogens (tertiary/aromatic N) is 1. The Balaban J connectivity index is 1.64. The zero-order valence-electron chi connectivity index (χ0n) is 14.1. The smallest absolute Gasteiger partial charge is 0.264 e. The maximum absolute atomic E-state index is 12.2. The molecule has 2 aromatic carbocycles. The molecule has 0 saturated carbocycles. The Morgan fingerprint density at radius 3 is 2.73 bits per heavy atom. The molecule has 1 aliphatic rings. The minimum atomic E-state index is -0.308. The number of para-hydroxylation sites is 1. The molecule has 0 spiro atoms. The molecule has 2 amide bonds. The molecule has 0 bridgehead atoms. The van der Waals surface area contributed by atoms with Crippen molar-refractivity contribution >= 4 is 40.6 Å². The van der Waals surface area contributed by atoms with E-state index in [9.17, 15) is 14.4 Å². The normalized spacial score (nSPS) is 13.0. The number of hydrogen-bond donors (Lipinski definition) is 1. The van der Waals surface area contributed by atoms with E-state index in [-0.39, 0.29) is 37.0 Å². The summed E-state index contributed by atoms with van der Waals surface area (Å²) in [5.74, 6) is -0.173.